The van der Waals surface area contributed by atoms with Gasteiger partial charge in [-0.3, -0.25) is 4.79 Å². The van der Waals surface area contributed by atoms with Crippen molar-refractivity contribution in [1.29, 1.82) is 0 Å². The maximum Gasteiger partial charge on any atom is 0.252 e. The fourth-order valence-corrected chi connectivity index (χ4v) is 0.950. The summed E-state index contributed by atoms with van der Waals surface area (Å²) < 4.78 is 25.4. The van der Waals surface area contributed by atoms with Gasteiger partial charge >= 0.3 is 0 Å². The van der Waals surface area contributed by atoms with Crippen molar-refractivity contribution in [3.63, 3.8) is 0 Å². The smallest absolute Gasteiger partial charge is 0.252 e. The van der Waals surface area contributed by atoms with Crippen molar-refractivity contribution in [1.82, 2.24) is 0 Å². The first-order chi connectivity index (χ1) is 5.54. The molecule has 12 heavy (non-hydrogen) atoms. The van der Waals surface area contributed by atoms with Crippen molar-refractivity contribution in [2.45, 2.75) is 6.92 Å². The number of halogens is 2. The molecule has 0 radical (unpaired) electrons. The van der Waals surface area contributed by atoms with Crippen LogP contribution in [0.15, 0.2) is 12.1 Å². The predicted molar refractivity (Wildman–Crippen MR) is 39.6 cm³/mol. The highest BCUT2D eigenvalue weighted by atomic mass is 19.2. The SMILES string of the molecule is Cc1ccc(F)c(F)c1C(N)=O. The van der Waals surface area contributed by atoms with Gasteiger partial charge in [-0.05, 0) is 18.6 Å². The largest absolute Gasteiger partial charge is 0.365 e. The third-order valence-electron chi connectivity index (χ3n) is 1.55. The molecule has 0 saturated carbocycles. The van der Waals surface area contributed by atoms with Crippen LogP contribution < -0.4 is 5.73 Å². The van der Waals surface area contributed by atoms with Gasteiger partial charge < -0.3 is 5.73 Å². The van der Waals surface area contributed by atoms with E-state index < -0.39 is 17.5 Å². The minimum atomic E-state index is -1.18. The van der Waals surface area contributed by atoms with Crippen LogP contribution in [0.2, 0.25) is 0 Å². The van der Waals surface area contributed by atoms with E-state index >= 15 is 0 Å². The number of amides is 1. The number of benzene rings is 1. The molecule has 64 valence electrons. The molecular formula is C8H7F2NO. The van der Waals surface area contributed by atoms with Gasteiger partial charge in [-0.25, -0.2) is 8.78 Å². The van der Waals surface area contributed by atoms with Crippen LogP contribution in [0.1, 0.15) is 15.9 Å². The molecule has 1 rings (SSSR count). The average molecular weight is 171 g/mol. The molecule has 4 heteroatoms. The number of carbonyl (C=O) groups is 1. The fourth-order valence-electron chi connectivity index (χ4n) is 0.950. The molecule has 0 heterocycles. The summed E-state index contributed by atoms with van der Waals surface area (Å²) in [7, 11) is 0. The Morgan fingerprint density at radius 1 is 1.42 bits per heavy atom. The third-order valence-corrected chi connectivity index (χ3v) is 1.55. The monoisotopic (exact) mass is 171 g/mol. The normalized spacial score (nSPS) is 9.92. The summed E-state index contributed by atoms with van der Waals surface area (Å²) in [5.41, 5.74) is 4.79. The van der Waals surface area contributed by atoms with Crippen molar-refractivity contribution in [2.24, 2.45) is 5.73 Å². The Labute approximate surface area is 68.0 Å². The van der Waals surface area contributed by atoms with E-state index in [9.17, 15) is 13.6 Å². The summed E-state index contributed by atoms with van der Waals surface area (Å²) in [6, 6.07) is 2.26. The number of carbonyl (C=O) groups excluding carboxylic acids is 1. The molecule has 1 amide bonds. The zero-order valence-electron chi connectivity index (χ0n) is 6.40. The summed E-state index contributed by atoms with van der Waals surface area (Å²) in [5, 5.41) is 0. The Kier molecular flexibility index (Phi) is 2.08. The van der Waals surface area contributed by atoms with Gasteiger partial charge in [0.1, 0.15) is 0 Å². The van der Waals surface area contributed by atoms with E-state index in [4.69, 9.17) is 5.73 Å². The minimum Gasteiger partial charge on any atom is -0.365 e. The van der Waals surface area contributed by atoms with Crippen LogP contribution in [0.5, 0.6) is 0 Å². The lowest BCUT2D eigenvalue weighted by Gasteiger charge is -2.02. The van der Waals surface area contributed by atoms with Crippen molar-refractivity contribution in [3.05, 3.63) is 34.9 Å². The van der Waals surface area contributed by atoms with Gasteiger partial charge in [0, 0.05) is 0 Å². The first-order valence-electron chi connectivity index (χ1n) is 3.28. The van der Waals surface area contributed by atoms with Gasteiger partial charge in [-0.2, -0.15) is 0 Å². The minimum absolute atomic E-state index is 0.335. The second-order valence-electron chi connectivity index (χ2n) is 2.42. The molecule has 0 unspecified atom stereocenters. The Bertz CT molecular complexity index is 336. The topological polar surface area (TPSA) is 43.1 Å². The summed E-state index contributed by atoms with van der Waals surface area (Å²) in [4.78, 5) is 10.6. The van der Waals surface area contributed by atoms with E-state index in [-0.39, 0.29) is 5.56 Å². The highest BCUT2D eigenvalue weighted by molar-refractivity contribution is 5.94. The quantitative estimate of drug-likeness (QED) is 0.681. The van der Waals surface area contributed by atoms with E-state index in [1.54, 1.807) is 0 Å². The molecule has 0 fully saturated rings. The Balaban J connectivity index is 3.43. The molecule has 0 aliphatic rings. The standard InChI is InChI=1S/C8H7F2NO/c1-4-2-3-5(9)7(10)6(4)8(11)12/h2-3H,1H3,(H2,11,12). The lowest BCUT2D eigenvalue weighted by molar-refractivity contribution is 0.0995. The van der Waals surface area contributed by atoms with E-state index in [2.05, 4.69) is 0 Å². The number of hydrogen-bond donors (Lipinski definition) is 1. The predicted octanol–water partition coefficient (Wildman–Crippen LogP) is 1.37. The number of nitrogens with two attached hydrogens (primary N) is 1. The number of aryl methyl sites for hydroxylation is 1. The Morgan fingerprint density at radius 2 is 2.00 bits per heavy atom. The first-order valence-corrected chi connectivity index (χ1v) is 3.28. The Hall–Kier alpha value is -1.45. The average Bonchev–Trinajstić information content (AvgIpc) is 1.97. The summed E-state index contributed by atoms with van der Waals surface area (Å²) >= 11 is 0. The van der Waals surface area contributed by atoms with Gasteiger partial charge in [-0.15, -0.1) is 0 Å². The molecule has 1 aromatic rings. The highest BCUT2D eigenvalue weighted by Gasteiger charge is 2.14. The molecule has 0 spiro atoms. The number of rotatable bonds is 1. The van der Waals surface area contributed by atoms with Crippen LogP contribution in [-0.4, -0.2) is 5.91 Å². The number of hydrogen-bond acceptors (Lipinski definition) is 1. The molecule has 0 aliphatic heterocycles. The molecule has 0 saturated heterocycles. The molecule has 2 nitrogen and oxygen atoms in total. The van der Waals surface area contributed by atoms with Crippen LogP contribution in [0.25, 0.3) is 0 Å². The van der Waals surface area contributed by atoms with Gasteiger partial charge in [0.15, 0.2) is 11.6 Å². The van der Waals surface area contributed by atoms with Crippen molar-refractivity contribution >= 4 is 5.91 Å². The third kappa shape index (κ3) is 1.28. The molecule has 0 aliphatic carbocycles. The maximum absolute atomic E-state index is 12.8. The van der Waals surface area contributed by atoms with E-state index in [0.29, 0.717) is 5.56 Å². The Morgan fingerprint density at radius 3 is 2.42 bits per heavy atom. The molecule has 1 aromatic carbocycles. The zero-order chi connectivity index (χ0) is 9.30. The van der Waals surface area contributed by atoms with Gasteiger partial charge in [0.25, 0.3) is 5.91 Å². The van der Waals surface area contributed by atoms with Crippen molar-refractivity contribution in [2.75, 3.05) is 0 Å². The van der Waals surface area contributed by atoms with Gasteiger partial charge in [0.2, 0.25) is 0 Å². The lowest BCUT2D eigenvalue weighted by Crippen LogP contribution is -2.15. The summed E-state index contributed by atoms with van der Waals surface area (Å²) in [6.45, 7) is 1.49. The molecular weight excluding hydrogens is 164 g/mol. The van der Waals surface area contributed by atoms with Crippen LogP contribution in [0.4, 0.5) is 8.78 Å². The highest BCUT2D eigenvalue weighted by Crippen LogP contribution is 2.15. The first kappa shape index (κ1) is 8.64. The van der Waals surface area contributed by atoms with Crippen LogP contribution in [0.3, 0.4) is 0 Å². The van der Waals surface area contributed by atoms with Crippen LogP contribution in [-0.2, 0) is 0 Å². The summed E-state index contributed by atoms with van der Waals surface area (Å²) in [6.07, 6.45) is 0. The van der Waals surface area contributed by atoms with Crippen LogP contribution >= 0.6 is 0 Å². The second kappa shape index (κ2) is 2.89. The lowest BCUT2D eigenvalue weighted by atomic mass is 10.1. The van der Waals surface area contributed by atoms with Gasteiger partial charge in [0.05, 0.1) is 5.56 Å². The molecule has 0 atom stereocenters. The fraction of sp³-hybridized carbons (Fsp3) is 0.125. The number of primary amides is 1. The second-order valence-corrected chi connectivity index (χ2v) is 2.42. The molecule has 0 aromatic heterocycles. The van der Waals surface area contributed by atoms with Gasteiger partial charge in [-0.1, -0.05) is 6.07 Å². The van der Waals surface area contributed by atoms with Crippen molar-refractivity contribution in [3.8, 4) is 0 Å². The van der Waals surface area contributed by atoms with Crippen molar-refractivity contribution < 1.29 is 13.6 Å². The zero-order valence-corrected chi connectivity index (χ0v) is 6.40. The maximum atomic E-state index is 12.8. The molecule has 0 bridgehead atoms. The van der Waals surface area contributed by atoms with E-state index in [0.717, 1.165) is 6.07 Å². The summed E-state index contributed by atoms with van der Waals surface area (Å²) in [5.74, 6) is -3.19. The molecule has 2 N–H and O–H groups in total. The van der Waals surface area contributed by atoms with E-state index in [1.165, 1.54) is 13.0 Å². The van der Waals surface area contributed by atoms with E-state index in [1.807, 2.05) is 0 Å². The van der Waals surface area contributed by atoms with Crippen LogP contribution in [0, 0.1) is 18.6 Å².